The molecule has 0 atom stereocenters. The number of carbonyl (C=O) groups is 1. The van der Waals surface area contributed by atoms with E-state index in [1.807, 2.05) is 0 Å². The number of amides is 1. The summed E-state index contributed by atoms with van der Waals surface area (Å²) in [5.74, 6) is -0.759. The van der Waals surface area contributed by atoms with Crippen LogP contribution in [-0.4, -0.2) is 49.5 Å². The van der Waals surface area contributed by atoms with Crippen LogP contribution in [0.3, 0.4) is 0 Å². The van der Waals surface area contributed by atoms with Crippen LogP contribution >= 0.6 is 11.3 Å². The normalized spacial score (nSPS) is 11.9. The molecule has 12 heteroatoms. The maximum Gasteiger partial charge on any atom is 0.280 e. The first-order chi connectivity index (χ1) is 15.9. The number of hydrogen-bond donors (Lipinski definition) is 1. The SMILES string of the molecule is COCCCS(=O)(=O)c1ccc(/C(=N\OCc2ccccn2)C(=O)Nc2ncc(F)s2)cc1. The van der Waals surface area contributed by atoms with E-state index in [1.165, 1.54) is 31.4 Å². The molecule has 2 heterocycles. The van der Waals surface area contributed by atoms with Crippen LogP contribution < -0.4 is 5.32 Å². The van der Waals surface area contributed by atoms with Gasteiger partial charge in [0.25, 0.3) is 5.91 Å². The zero-order chi connectivity index (χ0) is 23.7. The van der Waals surface area contributed by atoms with Crippen LogP contribution in [0.2, 0.25) is 0 Å². The molecule has 1 amide bonds. The monoisotopic (exact) mass is 492 g/mol. The Hall–Kier alpha value is -3.22. The lowest BCUT2D eigenvalue weighted by Crippen LogP contribution is -2.24. The second-order valence-corrected chi connectivity index (χ2v) is 9.74. The van der Waals surface area contributed by atoms with Gasteiger partial charge in [0, 0.05) is 25.5 Å². The molecule has 33 heavy (non-hydrogen) atoms. The molecular formula is C21H21FN4O5S2. The summed E-state index contributed by atoms with van der Waals surface area (Å²) in [7, 11) is -2.00. The van der Waals surface area contributed by atoms with Crippen molar-refractivity contribution in [2.24, 2.45) is 5.16 Å². The fraction of sp³-hybridized carbons (Fsp3) is 0.238. The molecule has 0 bridgehead atoms. The molecule has 0 spiro atoms. The van der Waals surface area contributed by atoms with E-state index in [0.717, 1.165) is 6.20 Å². The minimum atomic E-state index is -3.50. The maximum absolute atomic E-state index is 13.2. The van der Waals surface area contributed by atoms with Gasteiger partial charge >= 0.3 is 0 Å². The molecule has 0 unspecified atom stereocenters. The highest BCUT2D eigenvalue weighted by molar-refractivity contribution is 7.91. The standard InChI is InChI=1S/C21H21FN4O5S2/c1-30-11-4-12-33(28,29)17-8-6-15(7-9-17)19(20(27)25-21-24-13-18(22)32-21)26-31-14-16-5-2-3-10-23-16/h2-3,5-10,13H,4,11-12,14H2,1H3,(H,24,25,27)/b26-19+. The van der Waals surface area contributed by atoms with Gasteiger partial charge in [-0.2, -0.15) is 4.39 Å². The number of anilines is 1. The number of nitrogens with zero attached hydrogens (tertiary/aromatic N) is 3. The molecule has 174 valence electrons. The second kappa shape index (κ2) is 11.6. The Kier molecular flexibility index (Phi) is 8.58. The number of hydrogen-bond acceptors (Lipinski definition) is 9. The number of benzene rings is 1. The topological polar surface area (TPSA) is 120 Å². The summed E-state index contributed by atoms with van der Waals surface area (Å²) < 4.78 is 43.0. The summed E-state index contributed by atoms with van der Waals surface area (Å²) in [6, 6.07) is 11.0. The number of nitrogens with one attached hydrogen (secondary N) is 1. The van der Waals surface area contributed by atoms with E-state index < -0.39 is 20.9 Å². The Morgan fingerprint density at radius 1 is 1.18 bits per heavy atom. The van der Waals surface area contributed by atoms with Gasteiger partial charge < -0.3 is 9.57 Å². The van der Waals surface area contributed by atoms with Gasteiger partial charge in [-0.25, -0.2) is 13.4 Å². The summed E-state index contributed by atoms with van der Waals surface area (Å²) >= 11 is 0.660. The molecule has 3 rings (SSSR count). The summed E-state index contributed by atoms with van der Waals surface area (Å²) in [5, 5.41) is 5.88. The van der Waals surface area contributed by atoms with Gasteiger partial charge in [-0.1, -0.05) is 34.7 Å². The predicted octanol–water partition coefficient (Wildman–Crippen LogP) is 3.05. The van der Waals surface area contributed by atoms with E-state index in [9.17, 15) is 17.6 Å². The molecule has 1 aromatic carbocycles. The van der Waals surface area contributed by atoms with E-state index in [1.54, 1.807) is 24.4 Å². The number of aromatic nitrogens is 2. The van der Waals surface area contributed by atoms with E-state index in [4.69, 9.17) is 9.57 Å². The number of oxime groups is 1. The van der Waals surface area contributed by atoms with Gasteiger partial charge in [-0.15, -0.1) is 0 Å². The minimum Gasteiger partial charge on any atom is -0.389 e. The average molecular weight is 493 g/mol. The number of ether oxygens (including phenoxy) is 1. The lowest BCUT2D eigenvalue weighted by Gasteiger charge is -2.09. The van der Waals surface area contributed by atoms with Gasteiger partial charge in [-0.3, -0.25) is 15.1 Å². The highest BCUT2D eigenvalue weighted by Crippen LogP contribution is 2.18. The summed E-state index contributed by atoms with van der Waals surface area (Å²) in [6.45, 7) is 0.342. The van der Waals surface area contributed by atoms with Crippen LogP contribution in [-0.2, 0) is 30.8 Å². The van der Waals surface area contributed by atoms with Gasteiger partial charge in [0.05, 0.1) is 22.5 Å². The molecular weight excluding hydrogens is 471 g/mol. The van der Waals surface area contributed by atoms with Crippen molar-refractivity contribution in [1.29, 1.82) is 0 Å². The van der Waals surface area contributed by atoms with Crippen molar-refractivity contribution in [1.82, 2.24) is 9.97 Å². The molecule has 9 nitrogen and oxygen atoms in total. The Morgan fingerprint density at radius 3 is 2.61 bits per heavy atom. The molecule has 3 aromatic rings. The predicted molar refractivity (Wildman–Crippen MR) is 121 cm³/mol. The van der Waals surface area contributed by atoms with E-state index in [2.05, 4.69) is 20.4 Å². The molecule has 2 aromatic heterocycles. The number of carbonyl (C=O) groups excluding carboxylic acids is 1. The number of rotatable bonds is 11. The molecule has 0 saturated carbocycles. The smallest absolute Gasteiger partial charge is 0.280 e. The molecule has 0 aliphatic carbocycles. The van der Waals surface area contributed by atoms with Crippen molar-refractivity contribution in [2.45, 2.75) is 17.9 Å². The third-order valence-corrected chi connectivity index (χ3v) is 6.77. The molecule has 0 aliphatic heterocycles. The van der Waals surface area contributed by atoms with Crippen molar-refractivity contribution < 1.29 is 27.2 Å². The highest BCUT2D eigenvalue weighted by Gasteiger charge is 2.20. The van der Waals surface area contributed by atoms with Crippen LogP contribution in [0.25, 0.3) is 0 Å². The average Bonchev–Trinajstić information content (AvgIpc) is 3.22. The van der Waals surface area contributed by atoms with Crippen LogP contribution in [0.5, 0.6) is 0 Å². The van der Waals surface area contributed by atoms with Crippen molar-refractivity contribution in [3.8, 4) is 0 Å². The Labute approximate surface area is 194 Å². The van der Waals surface area contributed by atoms with Crippen LogP contribution in [0.1, 0.15) is 17.7 Å². The minimum absolute atomic E-state index is 0.00939. The molecule has 0 aliphatic rings. The Bertz CT molecular complexity index is 1200. The lowest BCUT2D eigenvalue weighted by molar-refractivity contribution is -0.110. The van der Waals surface area contributed by atoms with Gasteiger partial charge in [0.15, 0.2) is 32.4 Å². The largest absolute Gasteiger partial charge is 0.389 e. The van der Waals surface area contributed by atoms with Gasteiger partial charge in [0.1, 0.15) is 0 Å². The fourth-order valence-electron chi connectivity index (χ4n) is 2.67. The highest BCUT2D eigenvalue weighted by atomic mass is 32.2. The first-order valence-electron chi connectivity index (χ1n) is 9.74. The summed E-state index contributed by atoms with van der Waals surface area (Å²) in [5.41, 5.74) is 0.770. The van der Waals surface area contributed by atoms with Crippen molar-refractivity contribution in [3.63, 3.8) is 0 Å². The second-order valence-electron chi connectivity index (χ2n) is 6.65. The Balaban J connectivity index is 1.81. The van der Waals surface area contributed by atoms with Crippen LogP contribution in [0.4, 0.5) is 9.52 Å². The zero-order valence-corrected chi connectivity index (χ0v) is 19.2. The maximum atomic E-state index is 13.2. The third-order valence-electron chi connectivity index (χ3n) is 4.26. The van der Waals surface area contributed by atoms with Crippen molar-refractivity contribution in [2.75, 3.05) is 24.8 Å². The number of pyridine rings is 1. The summed E-state index contributed by atoms with van der Waals surface area (Å²) in [4.78, 5) is 26.1. The van der Waals surface area contributed by atoms with Crippen LogP contribution in [0.15, 0.2) is 64.9 Å². The molecule has 0 saturated heterocycles. The Morgan fingerprint density at radius 2 is 1.97 bits per heavy atom. The molecule has 0 radical (unpaired) electrons. The quantitative estimate of drug-likeness (QED) is 0.248. The van der Waals surface area contributed by atoms with Crippen molar-refractivity contribution >= 4 is 37.9 Å². The van der Waals surface area contributed by atoms with Gasteiger partial charge in [-0.05, 0) is 30.7 Å². The number of thiazole rings is 1. The van der Waals surface area contributed by atoms with Crippen LogP contribution in [0, 0.1) is 5.13 Å². The van der Waals surface area contributed by atoms with E-state index in [0.29, 0.717) is 35.6 Å². The third kappa shape index (κ3) is 7.14. The molecule has 1 N–H and O–H groups in total. The van der Waals surface area contributed by atoms with Gasteiger partial charge in [0.2, 0.25) is 0 Å². The summed E-state index contributed by atoms with van der Waals surface area (Å²) in [6.07, 6.45) is 2.94. The van der Waals surface area contributed by atoms with E-state index in [-0.39, 0.29) is 28.1 Å². The first-order valence-corrected chi connectivity index (χ1v) is 12.2. The zero-order valence-electron chi connectivity index (χ0n) is 17.6. The lowest BCUT2D eigenvalue weighted by atomic mass is 10.1. The van der Waals surface area contributed by atoms with E-state index >= 15 is 0 Å². The number of methoxy groups -OCH3 is 1. The number of sulfone groups is 1. The molecule has 0 fully saturated rings. The number of halogens is 1. The van der Waals surface area contributed by atoms with Crippen molar-refractivity contribution in [3.05, 3.63) is 71.2 Å². The fourth-order valence-corrected chi connectivity index (χ4v) is 4.50. The first kappa shape index (κ1) is 24.4.